The minimum atomic E-state index is -3.35. The Morgan fingerprint density at radius 2 is 1.76 bits per heavy atom. The summed E-state index contributed by atoms with van der Waals surface area (Å²) in [5.74, 6) is 0.586. The van der Waals surface area contributed by atoms with E-state index in [4.69, 9.17) is 4.74 Å². The van der Waals surface area contributed by atoms with E-state index in [9.17, 15) is 18.0 Å². The van der Waals surface area contributed by atoms with Crippen molar-refractivity contribution in [3.8, 4) is 11.5 Å². The molecule has 0 saturated heterocycles. The number of aromatic nitrogens is 2. The number of hydrogen-bond donors (Lipinski definition) is 1. The van der Waals surface area contributed by atoms with Gasteiger partial charge in [0, 0.05) is 36.6 Å². The number of fused-ring (bicyclic) bond motifs is 1. The van der Waals surface area contributed by atoms with Gasteiger partial charge in [0.25, 0.3) is 11.5 Å². The third-order valence-electron chi connectivity index (χ3n) is 5.05. The first-order chi connectivity index (χ1) is 15.6. The van der Waals surface area contributed by atoms with Crippen LogP contribution in [0.25, 0.3) is 10.8 Å². The van der Waals surface area contributed by atoms with Crippen LogP contribution in [0.2, 0.25) is 0 Å². The van der Waals surface area contributed by atoms with Gasteiger partial charge in [0.15, 0.2) is 9.84 Å². The molecule has 0 aliphatic rings. The molecule has 0 bridgehead atoms. The van der Waals surface area contributed by atoms with E-state index in [0.29, 0.717) is 28.1 Å². The van der Waals surface area contributed by atoms with Crippen LogP contribution < -0.4 is 15.6 Å². The fourth-order valence-corrected chi connectivity index (χ4v) is 3.88. The molecule has 9 heteroatoms. The molecule has 4 rings (SSSR count). The number of ether oxygens (including phenoxy) is 1. The largest absolute Gasteiger partial charge is 0.457 e. The maximum absolute atomic E-state index is 12.9. The lowest BCUT2D eigenvalue weighted by molar-refractivity contribution is 0.102. The van der Waals surface area contributed by atoms with Gasteiger partial charge in [-0.3, -0.25) is 9.59 Å². The number of hydrogen-bond acceptors (Lipinski definition) is 6. The topological polar surface area (TPSA) is 107 Å². The highest BCUT2D eigenvalue weighted by Gasteiger charge is 2.16. The SMILES string of the molecule is Cc1ccc(NC(=O)c2cc(Oc3ccc(S(C)(=O)=O)cc3)c3ccn(C)c(=O)c3c2)nc1. The predicted octanol–water partition coefficient (Wildman–Crippen LogP) is 3.69. The van der Waals surface area contributed by atoms with Crippen molar-refractivity contribution in [1.29, 1.82) is 0 Å². The highest BCUT2D eigenvalue weighted by molar-refractivity contribution is 7.90. The number of aryl methyl sites for hydroxylation is 2. The lowest BCUT2D eigenvalue weighted by atomic mass is 10.1. The summed E-state index contributed by atoms with van der Waals surface area (Å²) in [6.07, 6.45) is 4.37. The molecule has 0 unspecified atom stereocenters. The van der Waals surface area contributed by atoms with E-state index in [-0.39, 0.29) is 16.0 Å². The number of benzene rings is 2. The third-order valence-corrected chi connectivity index (χ3v) is 6.18. The summed E-state index contributed by atoms with van der Waals surface area (Å²) < 4.78 is 30.8. The molecule has 0 aliphatic carbocycles. The third kappa shape index (κ3) is 4.78. The van der Waals surface area contributed by atoms with Crippen molar-refractivity contribution in [2.24, 2.45) is 7.05 Å². The lowest BCUT2D eigenvalue weighted by Gasteiger charge is -2.13. The Balaban J connectivity index is 1.76. The summed E-state index contributed by atoms with van der Waals surface area (Å²) in [7, 11) is -1.73. The molecule has 2 aromatic carbocycles. The Morgan fingerprint density at radius 1 is 1.03 bits per heavy atom. The minimum Gasteiger partial charge on any atom is -0.457 e. The van der Waals surface area contributed by atoms with Gasteiger partial charge in [-0.25, -0.2) is 13.4 Å². The van der Waals surface area contributed by atoms with E-state index >= 15 is 0 Å². The van der Waals surface area contributed by atoms with E-state index in [1.54, 1.807) is 31.6 Å². The van der Waals surface area contributed by atoms with E-state index in [1.807, 2.05) is 13.0 Å². The fourth-order valence-electron chi connectivity index (χ4n) is 3.25. The molecule has 0 radical (unpaired) electrons. The zero-order valence-corrected chi connectivity index (χ0v) is 19.0. The number of rotatable bonds is 5. The summed E-state index contributed by atoms with van der Waals surface area (Å²) in [4.78, 5) is 30.0. The molecule has 2 aromatic heterocycles. The Kier molecular flexibility index (Phi) is 5.73. The summed E-state index contributed by atoms with van der Waals surface area (Å²) in [6.45, 7) is 1.89. The van der Waals surface area contributed by atoms with Crippen LogP contribution in [0.5, 0.6) is 11.5 Å². The monoisotopic (exact) mass is 463 g/mol. The normalized spacial score (nSPS) is 11.4. The first-order valence-electron chi connectivity index (χ1n) is 9.97. The molecule has 0 spiro atoms. The molecule has 4 aromatic rings. The minimum absolute atomic E-state index is 0.160. The standard InChI is InChI=1S/C24H21N3O5S/c1-15-4-9-22(25-14-15)26-23(28)16-12-20-19(10-11-27(2)24(20)29)21(13-16)32-17-5-7-18(8-6-17)33(3,30)31/h4-14H,1-3H3,(H,25,26,28). The van der Waals surface area contributed by atoms with Crippen LogP contribution in [0.1, 0.15) is 15.9 Å². The van der Waals surface area contributed by atoms with E-state index in [1.165, 1.54) is 41.0 Å². The van der Waals surface area contributed by atoms with Crippen molar-refractivity contribution in [3.63, 3.8) is 0 Å². The Bertz CT molecular complexity index is 1520. The van der Waals surface area contributed by atoms with Crippen molar-refractivity contribution in [1.82, 2.24) is 9.55 Å². The van der Waals surface area contributed by atoms with E-state index < -0.39 is 15.7 Å². The maximum Gasteiger partial charge on any atom is 0.258 e. The number of carbonyl (C=O) groups excluding carboxylic acids is 1. The van der Waals surface area contributed by atoms with Gasteiger partial charge in [-0.2, -0.15) is 0 Å². The van der Waals surface area contributed by atoms with E-state index in [0.717, 1.165) is 11.8 Å². The zero-order valence-electron chi connectivity index (χ0n) is 18.2. The smallest absolute Gasteiger partial charge is 0.258 e. The van der Waals surface area contributed by atoms with Crippen LogP contribution in [0.4, 0.5) is 5.82 Å². The second-order valence-corrected chi connectivity index (χ2v) is 9.70. The first-order valence-corrected chi connectivity index (χ1v) is 11.9. The molecule has 168 valence electrons. The Hall–Kier alpha value is -3.98. The second-order valence-electron chi connectivity index (χ2n) is 7.69. The van der Waals surface area contributed by atoms with Crippen LogP contribution in [-0.2, 0) is 16.9 Å². The zero-order chi connectivity index (χ0) is 23.8. The van der Waals surface area contributed by atoms with Gasteiger partial charge >= 0.3 is 0 Å². The van der Waals surface area contributed by atoms with Crippen molar-refractivity contribution in [2.75, 3.05) is 11.6 Å². The number of anilines is 1. The van der Waals surface area contributed by atoms with E-state index in [2.05, 4.69) is 10.3 Å². The van der Waals surface area contributed by atoms with Crippen molar-refractivity contribution in [2.45, 2.75) is 11.8 Å². The van der Waals surface area contributed by atoms with Gasteiger partial charge < -0.3 is 14.6 Å². The number of pyridine rings is 2. The molecule has 0 saturated carbocycles. The molecule has 2 heterocycles. The molecule has 33 heavy (non-hydrogen) atoms. The van der Waals surface area contributed by atoms with Gasteiger partial charge in [-0.1, -0.05) is 6.07 Å². The molecular weight excluding hydrogens is 442 g/mol. The van der Waals surface area contributed by atoms with Crippen molar-refractivity contribution in [3.05, 3.63) is 88.5 Å². The number of nitrogens with zero attached hydrogens (tertiary/aromatic N) is 2. The van der Waals surface area contributed by atoms with Crippen LogP contribution in [0.15, 0.2) is 76.7 Å². The van der Waals surface area contributed by atoms with Crippen LogP contribution >= 0.6 is 0 Å². The van der Waals surface area contributed by atoms with Gasteiger partial charge in [0.1, 0.15) is 17.3 Å². The quantitative estimate of drug-likeness (QED) is 0.484. The number of carbonyl (C=O) groups is 1. The molecule has 1 amide bonds. The van der Waals surface area contributed by atoms with Gasteiger partial charge in [0.2, 0.25) is 0 Å². The number of amides is 1. The Morgan fingerprint density at radius 3 is 2.39 bits per heavy atom. The average molecular weight is 464 g/mol. The van der Waals surface area contributed by atoms with Crippen molar-refractivity contribution >= 4 is 32.3 Å². The lowest BCUT2D eigenvalue weighted by Crippen LogP contribution is -2.18. The van der Waals surface area contributed by atoms with Gasteiger partial charge in [0.05, 0.1) is 10.3 Å². The first kappa shape index (κ1) is 22.2. The fraction of sp³-hybridized carbons (Fsp3) is 0.125. The number of nitrogens with one attached hydrogen (secondary N) is 1. The highest BCUT2D eigenvalue weighted by atomic mass is 32.2. The molecular formula is C24H21N3O5S. The Labute approximate surface area is 190 Å². The summed E-state index contributed by atoms with van der Waals surface area (Å²) in [5, 5.41) is 3.55. The molecule has 0 fully saturated rings. The second kappa shape index (κ2) is 8.51. The van der Waals surface area contributed by atoms with Crippen LogP contribution in [0.3, 0.4) is 0 Å². The summed E-state index contributed by atoms with van der Waals surface area (Å²) in [6, 6.07) is 14.2. The molecule has 8 nitrogen and oxygen atoms in total. The van der Waals surface area contributed by atoms with Crippen molar-refractivity contribution < 1.29 is 17.9 Å². The van der Waals surface area contributed by atoms with Crippen LogP contribution in [-0.4, -0.2) is 30.1 Å². The molecule has 0 aliphatic heterocycles. The maximum atomic E-state index is 12.9. The summed E-state index contributed by atoms with van der Waals surface area (Å²) >= 11 is 0. The van der Waals surface area contributed by atoms with Gasteiger partial charge in [-0.15, -0.1) is 0 Å². The average Bonchev–Trinajstić information content (AvgIpc) is 2.77. The predicted molar refractivity (Wildman–Crippen MR) is 126 cm³/mol. The van der Waals surface area contributed by atoms with Gasteiger partial charge in [-0.05, 0) is 61.0 Å². The number of sulfone groups is 1. The molecule has 0 atom stereocenters. The van der Waals surface area contributed by atoms with Crippen LogP contribution in [0, 0.1) is 6.92 Å². The highest BCUT2D eigenvalue weighted by Crippen LogP contribution is 2.31. The summed E-state index contributed by atoms with van der Waals surface area (Å²) in [5.41, 5.74) is 0.892. The molecule has 1 N–H and O–H groups in total.